The van der Waals surface area contributed by atoms with Crippen molar-refractivity contribution in [3.05, 3.63) is 59.7 Å². The smallest absolute Gasteiger partial charge is 0.257 e. The maximum absolute atomic E-state index is 12.3. The molecule has 0 spiro atoms. The highest BCUT2D eigenvalue weighted by molar-refractivity contribution is 7.91. The Balaban J connectivity index is 2.00. The summed E-state index contributed by atoms with van der Waals surface area (Å²) in [5.74, 6) is -0.263. The molecule has 0 radical (unpaired) electrons. The molecule has 0 saturated heterocycles. The summed E-state index contributed by atoms with van der Waals surface area (Å²) in [5.41, 5.74) is 2.26. The molecule has 0 aromatic heterocycles. The average molecular weight is 405 g/mol. The van der Waals surface area contributed by atoms with Crippen molar-refractivity contribution in [3.63, 3.8) is 0 Å². The minimum absolute atomic E-state index is 0.0171. The molecule has 27 heavy (non-hydrogen) atoms. The lowest BCUT2D eigenvalue weighted by molar-refractivity contribution is 0.0977. The number of benzene rings is 2. The molecule has 0 fully saturated rings. The van der Waals surface area contributed by atoms with E-state index in [4.69, 9.17) is 12.2 Å². The monoisotopic (exact) mass is 404 g/mol. The molecule has 0 aliphatic carbocycles. The Labute approximate surface area is 166 Å². The summed E-state index contributed by atoms with van der Waals surface area (Å²) in [5, 5.41) is 5.65. The molecule has 0 unspecified atom stereocenters. The molecule has 0 atom stereocenters. The molecule has 1 amide bonds. The van der Waals surface area contributed by atoms with Crippen LogP contribution in [0.2, 0.25) is 0 Å². The summed E-state index contributed by atoms with van der Waals surface area (Å²) in [7, 11) is -3.24. The van der Waals surface area contributed by atoms with Crippen LogP contribution >= 0.6 is 12.2 Å². The number of hydrogen-bond acceptors (Lipinski definition) is 4. The molecule has 0 aliphatic heterocycles. The molecule has 2 aromatic carbocycles. The van der Waals surface area contributed by atoms with Crippen molar-refractivity contribution in [1.29, 1.82) is 0 Å². The fraction of sp³-hybridized carbons (Fsp3) is 0.300. The molecule has 2 N–H and O–H groups in total. The number of carbonyl (C=O) groups excluding carboxylic acids is 1. The van der Waals surface area contributed by atoms with Gasteiger partial charge in [-0.05, 0) is 59.6 Å². The highest BCUT2D eigenvalue weighted by Gasteiger charge is 2.15. The first-order valence-corrected chi connectivity index (χ1v) is 10.6. The highest BCUT2D eigenvalue weighted by atomic mass is 32.2. The summed E-state index contributed by atoms with van der Waals surface area (Å²) in [6.07, 6.45) is 0. The van der Waals surface area contributed by atoms with Gasteiger partial charge in [-0.15, -0.1) is 0 Å². The van der Waals surface area contributed by atoms with Crippen LogP contribution in [0.15, 0.2) is 53.4 Å². The molecular formula is C20H24N2O3S2. The highest BCUT2D eigenvalue weighted by Crippen LogP contribution is 2.22. The number of rotatable bonds is 4. The van der Waals surface area contributed by atoms with Gasteiger partial charge in [-0.1, -0.05) is 39.8 Å². The quantitative estimate of drug-likeness (QED) is 0.756. The third-order valence-electron chi connectivity index (χ3n) is 4.09. The molecule has 2 aromatic rings. The van der Waals surface area contributed by atoms with Crippen LogP contribution in [0.1, 0.15) is 43.6 Å². The molecule has 7 heteroatoms. The van der Waals surface area contributed by atoms with Gasteiger partial charge in [-0.3, -0.25) is 10.1 Å². The third kappa shape index (κ3) is 5.61. The Morgan fingerprint density at radius 1 is 1.00 bits per heavy atom. The van der Waals surface area contributed by atoms with Crippen LogP contribution in [0, 0.1) is 0 Å². The number of sulfone groups is 1. The van der Waals surface area contributed by atoms with E-state index in [1.807, 2.05) is 12.1 Å². The summed E-state index contributed by atoms with van der Waals surface area (Å²) in [4.78, 5) is 12.6. The Bertz CT molecular complexity index is 927. The van der Waals surface area contributed by atoms with Crippen molar-refractivity contribution in [3.8, 4) is 0 Å². The van der Waals surface area contributed by atoms with Gasteiger partial charge in [0.2, 0.25) is 0 Å². The largest absolute Gasteiger partial charge is 0.332 e. The van der Waals surface area contributed by atoms with Crippen molar-refractivity contribution in [2.45, 2.75) is 38.0 Å². The summed E-state index contributed by atoms with van der Waals surface area (Å²) < 4.78 is 23.6. The number of hydrogen-bond donors (Lipinski definition) is 2. The average Bonchev–Trinajstić information content (AvgIpc) is 2.61. The minimum atomic E-state index is -3.24. The van der Waals surface area contributed by atoms with Crippen LogP contribution in [0.5, 0.6) is 0 Å². The van der Waals surface area contributed by atoms with Crippen molar-refractivity contribution in [2.24, 2.45) is 0 Å². The molecule has 144 valence electrons. The van der Waals surface area contributed by atoms with Gasteiger partial charge >= 0.3 is 0 Å². The lowest BCUT2D eigenvalue weighted by atomic mass is 9.87. The van der Waals surface area contributed by atoms with Gasteiger partial charge < -0.3 is 5.32 Å². The number of amides is 1. The fourth-order valence-electron chi connectivity index (χ4n) is 2.37. The van der Waals surface area contributed by atoms with Crippen molar-refractivity contribution in [2.75, 3.05) is 11.1 Å². The summed E-state index contributed by atoms with van der Waals surface area (Å²) in [6, 6.07) is 13.6. The number of thiocarbonyl (C=S) groups is 1. The predicted octanol–water partition coefficient (Wildman–Crippen LogP) is 3.90. The molecular weight excluding hydrogens is 380 g/mol. The maximum atomic E-state index is 12.3. The molecule has 5 nitrogen and oxygen atoms in total. The van der Waals surface area contributed by atoms with Crippen LogP contribution in [0.4, 0.5) is 5.69 Å². The van der Waals surface area contributed by atoms with Gasteiger partial charge in [0.05, 0.1) is 10.6 Å². The summed E-state index contributed by atoms with van der Waals surface area (Å²) >= 11 is 5.17. The standard InChI is InChI=1S/C20H24N2O3S2/c1-5-27(24,25)17-12-10-16(11-13-17)21-19(26)22-18(23)14-6-8-15(9-7-14)20(2,3)4/h6-13H,5H2,1-4H3,(H2,21,22,23,26). The van der Waals surface area contributed by atoms with E-state index >= 15 is 0 Å². The topological polar surface area (TPSA) is 75.3 Å². The van der Waals surface area contributed by atoms with Crippen LogP contribution in [0.3, 0.4) is 0 Å². The van der Waals surface area contributed by atoms with E-state index in [0.717, 1.165) is 5.56 Å². The van der Waals surface area contributed by atoms with Crippen molar-refractivity contribution in [1.82, 2.24) is 5.32 Å². The Morgan fingerprint density at radius 2 is 1.56 bits per heavy atom. The number of carbonyl (C=O) groups is 1. The predicted molar refractivity (Wildman–Crippen MR) is 113 cm³/mol. The van der Waals surface area contributed by atoms with E-state index in [0.29, 0.717) is 11.3 Å². The third-order valence-corrected chi connectivity index (χ3v) is 6.05. The van der Waals surface area contributed by atoms with Crippen LogP contribution in [-0.2, 0) is 15.3 Å². The second kappa shape index (κ2) is 8.19. The lowest BCUT2D eigenvalue weighted by Crippen LogP contribution is -2.34. The Hall–Kier alpha value is -2.25. The van der Waals surface area contributed by atoms with Crippen molar-refractivity contribution < 1.29 is 13.2 Å². The van der Waals surface area contributed by atoms with E-state index in [1.165, 1.54) is 12.1 Å². The van der Waals surface area contributed by atoms with Crippen LogP contribution < -0.4 is 10.6 Å². The normalized spacial score (nSPS) is 11.7. The zero-order valence-electron chi connectivity index (χ0n) is 15.9. The first-order valence-electron chi connectivity index (χ1n) is 8.58. The van der Waals surface area contributed by atoms with Crippen LogP contribution in [0.25, 0.3) is 0 Å². The second-order valence-electron chi connectivity index (χ2n) is 7.16. The SMILES string of the molecule is CCS(=O)(=O)c1ccc(NC(=S)NC(=O)c2ccc(C(C)(C)C)cc2)cc1. The van der Waals surface area contributed by atoms with Gasteiger partial charge in [0.25, 0.3) is 5.91 Å². The first kappa shape index (κ1) is 21.1. The maximum Gasteiger partial charge on any atom is 0.257 e. The van der Waals surface area contributed by atoms with Gasteiger partial charge in [-0.2, -0.15) is 0 Å². The van der Waals surface area contributed by atoms with Gasteiger partial charge in [0, 0.05) is 11.3 Å². The van der Waals surface area contributed by atoms with E-state index < -0.39 is 9.84 Å². The van der Waals surface area contributed by atoms with E-state index in [9.17, 15) is 13.2 Å². The molecule has 2 rings (SSSR count). The fourth-order valence-corrected chi connectivity index (χ4v) is 3.47. The summed E-state index contributed by atoms with van der Waals surface area (Å²) in [6.45, 7) is 7.93. The van der Waals surface area contributed by atoms with E-state index in [1.54, 1.807) is 31.2 Å². The van der Waals surface area contributed by atoms with Crippen LogP contribution in [-0.4, -0.2) is 25.2 Å². The van der Waals surface area contributed by atoms with E-state index in [-0.39, 0.29) is 27.1 Å². The lowest BCUT2D eigenvalue weighted by Gasteiger charge is -2.19. The Kier molecular flexibility index (Phi) is 6.38. The zero-order chi connectivity index (χ0) is 20.2. The van der Waals surface area contributed by atoms with Gasteiger partial charge in [-0.25, -0.2) is 8.42 Å². The minimum Gasteiger partial charge on any atom is -0.332 e. The zero-order valence-corrected chi connectivity index (χ0v) is 17.5. The number of nitrogens with one attached hydrogen (secondary N) is 2. The first-order chi connectivity index (χ1) is 12.5. The molecule has 0 saturated carbocycles. The van der Waals surface area contributed by atoms with Crippen molar-refractivity contribution >= 4 is 38.8 Å². The second-order valence-corrected chi connectivity index (χ2v) is 9.85. The van der Waals surface area contributed by atoms with E-state index in [2.05, 4.69) is 31.4 Å². The van der Waals surface area contributed by atoms with Gasteiger partial charge in [0.15, 0.2) is 14.9 Å². The molecule has 0 bridgehead atoms. The number of anilines is 1. The Morgan fingerprint density at radius 3 is 2.04 bits per heavy atom. The molecule has 0 aliphatic rings. The molecule has 0 heterocycles. The van der Waals surface area contributed by atoms with Gasteiger partial charge in [0.1, 0.15) is 0 Å².